The Balaban J connectivity index is 1.80. The standard InChI is InChI=1S/C24H23NO6S/c1-17(26)30-14-13-18-7-9-20(10-8-18)32(28,29)21-11-12-23(22(15-21)24(25)27)31-16-19-5-3-2-4-6-19/h2-12,15H,13-14,16H2,1H3,(H2,25,27). The van der Waals surface area contributed by atoms with Gasteiger partial charge >= 0.3 is 5.97 Å². The van der Waals surface area contributed by atoms with E-state index in [2.05, 4.69) is 0 Å². The van der Waals surface area contributed by atoms with Gasteiger partial charge in [0, 0.05) is 13.3 Å². The molecular formula is C24H23NO6S. The first-order valence-electron chi connectivity index (χ1n) is 9.85. The fourth-order valence-corrected chi connectivity index (χ4v) is 4.30. The SMILES string of the molecule is CC(=O)OCCc1ccc(S(=O)(=O)c2ccc(OCc3ccccc3)c(C(N)=O)c2)cc1. The monoisotopic (exact) mass is 453 g/mol. The molecule has 32 heavy (non-hydrogen) atoms. The van der Waals surface area contributed by atoms with Crippen LogP contribution in [0.15, 0.2) is 82.6 Å². The molecule has 0 fully saturated rings. The molecule has 0 bridgehead atoms. The first-order valence-corrected chi connectivity index (χ1v) is 11.3. The molecular weight excluding hydrogens is 430 g/mol. The number of sulfone groups is 1. The van der Waals surface area contributed by atoms with Crippen molar-refractivity contribution in [2.75, 3.05) is 6.61 Å². The van der Waals surface area contributed by atoms with E-state index >= 15 is 0 Å². The van der Waals surface area contributed by atoms with Crippen molar-refractivity contribution >= 4 is 21.7 Å². The molecule has 0 radical (unpaired) electrons. The number of ether oxygens (including phenoxy) is 2. The maximum atomic E-state index is 13.1. The van der Waals surface area contributed by atoms with Crippen LogP contribution >= 0.6 is 0 Å². The van der Waals surface area contributed by atoms with Crippen molar-refractivity contribution in [1.29, 1.82) is 0 Å². The van der Waals surface area contributed by atoms with Gasteiger partial charge in [-0.25, -0.2) is 8.42 Å². The van der Waals surface area contributed by atoms with Crippen LogP contribution in [0.4, 0.5) is 0 Å². The van der Waals surface area contributed by atoms with Crippen molar-refractivity contribution in [1.82, 2.24) is 0 Å². The third-order valence-corrected chi connectivity index (χ3v) is 6.46. The number of primary amides is 1. The summed E-state index contributed by atoms with van der Waals surface area (Å²) in [6, 6.07) is 19.7. The van der Waals surface area contributed by atoms with Crippen LogP contribution in [0.1, 0.15) is 28.4 Å². The second kappa shape index (κ2) is 10.1. The number of hydrogen-bond donors (Lipinski definition) is 1. The molecule has 166 valence electrons. The number of carbonyl (C=O) groups excluding carboxylic acids is 2. The number of hydrogen-bond acceptors (Lipinski definition) is 6. The normalized spacial score (nSPS) is 11.0. The van der Waals surface area contributed by atoms with Crippen LogP contribution in [0, 0.1) is 0 Å². The molecule has 0 aliphatic rings. The lowest BCUT2D eigenvalue weighted by atomic mass is 10.2. The van der Waals surface area contributed by atoms with E-state index in [1.807, 2.05) is 30.3 Å². The van der Waals surface area contributed by atoms with E-state index in [1.165, 1.54) is 37.3 Å². The van der Waals surface area contributed by atoms with Crippen LogP contribution in [0.2, 0.25) is 0 Å². The number of benzene rings is 3. The van der Waals surface area contributed by atoms with Gasteiger partial charge in [0.15, 0.2) is 0 Å². The summed E-state index contributed by atoms with van der Waals surface area (Å²) in [4.78, 5) is 22.8. The average Bonchev–Trinajstić information content (AvgIpc) is 2.78. The summed E-state index contributed by atoms with van der Waals surface area (Å²) in [6.07, 6.45) is 0.471. The number of esters is 1. The summed E-state index contributed by atoms with van der Waals surface area (Å²) in [7, 11) is -3.88. The fourth-order valence-electron chi connectivity index (χ4n) is 3.01. The zero-order valence-electron chi connectivity index (χ0n) is 17.5. The van der Waals surface area contributed by atoms with Crippen LogP contribution in [0.5, 0.6) is 5.75 Å². The van der Waals surface area contributed by atoms with E-state index in [0.717, 1.165) is 11.1 Å². The Bertz CT molecular complexity index is 1200. The molecule has 0 unspecified atom stereocenters. The summed E-state index contributed by atoms with van der Waals surface area (Å²) in [5.41, 5.74) is 7.18. The Kier molecular flexibility index (Phi) is 7.27. The lowest BCUT2D eigenvalue weighted by Crippen LogP contribution is -2.14. The van der Waals surface area contributed by atoms with Crippen molar-refractivity contribution < 1.29 is 27.5 Å². The smallest absolute Gasteiger partial charge is 0.302 e. The predicted octanol–water partition coefficient (Wildman–Crippen LogP) is 3.30. The second-order valence-corrected chi connectivity index (χ2v) is 8.98. The molecule has 0 atom stereocenters. The number of rotatable bonds is 9. The summed E-state index contributed by atoms with van der Waals surface area (Å²) in [6.45, 7) is 1.75. The fraction of sp³-hybridized carbons (Fsp3) is 0.167. The maximum absolute atomic E-state index is 13.1. The zero-order valence-corrected chi connectivity index (χ0v) is 18.3. The molecule has 3 aromatic carbocycles. The predicted molar refractivity (Wildman–Crippen MR) is 118 cm³/mol. The molecule has 0 aliphatic carbocycles. The molecule has 0 saturated heterocycles. The van der Waals surface area contributed by atoms with E-state index in [-0.39, 0.29) is 40.3 Å². The molecule has 0 heterocycles. The van der Waals surface area contributed by atoms with Crippen molar-refractivity contribution in [3.63, 3.8) is 0 Å². The minimum absolute atomic E-state index is 0.0139. The summed E-state index contributed by atoms with van der Waals surface area (Å²) in [5.74, 6) is -0.947. The first kappa shape index (κ1) is 23.0. The van der Waals surface area contributed by atoms with Crippen molar-refractivity contribution in [3.8, 4) is 5.75 Å². The molecule has 0 aromatic heterocycles. The van der Waals surface area contributed by atoms with Gasteiger partial charge in [0.05, 0.1) is 22.0 Å². The Morgan fingerprint density at radius 1 is 0.875 bits per heavy atom. The van der Waals surface area contributed by atoms with Crippen LogP contribution in [0.25, 0.3) is 0 Å². The van der Waals surface area contributed by atoms with Crippen LogP contribution in [-0.2, 0) is 32.4 Å². The Hall–Kier alpha value is -3.65. The van der Waals surface area contributed by atoms with Gasteiger partial charge in [0.25, 0.3) is 5.91 Å². The van der Waals surface area contributed by atoms with Crippen LogP contribution < -0.4 is 10.5 Å². The van der Waals surface area contributed by atoms with E-state index in [0.29, 0.717) is 6.42 Å². The van der Waals surface area contributed by atoms with Gasteiger partial charge in [0.1, 0.15) is 12.4 Å². The highest BCUT2D eigenvalue weighted by molar-refractivity contribution is 7.91. The average molecular weight is 454 g/mol. The third kappa shape index (κ3) is 5.73. The molecule has 1 amide bonds. The summed E-state index contributed by atoms with van der Waals surface area (Å²) < 4.78 is 36.7. The summed E-state index contributed by atoms with van der Waals surface area (Å²) in [5, 5.41) is 0. The molecule has 8 heteroatoms. The molecule has 7 nitrogen and oxygen atoms in total. The Morgan fingerprint density at radius 2 is 1.53 bits per heavy atom. The van der Waals surface area contributed by atoms with E-state index in [9.17, 15) is 18.0 Å². The lowest BCUT2D eigenvalue weighted by Gasteiger charge is -2.12. The Morgan fingerprint density at radius 3 is 2.16 bits per heavy atom. The molecule has 2 N–H and O–H groups in total. The highest BCUT2D eigenvalue weighted by atomic mass is 32.2. The highest BCUT2D eigenvalue weighted by Crippen LogP contribution is 2.27. The van der Waals surface area contributed by atoms with E-state index in [1.54, 1.807) is 12.1 Å². The molecule has 0 spiro atoms. The second-order valence-electron chi connectivity index (χ2n) is 7.03. The Labute approximate surface area is 186 Å². The zero-order chi connectivity index (χ0) is 23.1. The maximum Gasteiger partial charge on any atom is 0.302 e. The third-order valence-electron chi connectivity index (χ3n) is 4.69. The van der Waals surface area contributed by atoms with Crippen LogP contribution in [-0.4, -0.2) is 26.9 Å². The minimum atomic E-state index is -3.88. The number of nitrogens with two attached hydrogens (primary N) is 1. The largest absolute Gasteiger partial charge is 0.488 e. The first-order chi connectivity index (χ1) is 15.3. The van der Waals surface area contributed by atoms with E-state index < -0.39 is 15.7 Å². The van der Waals surface area contributed by atoms with Crippen molar-refractivity contribution in [2.45, 2.75) is 29.7 Å². The number of amides is 1. The van der Waals surface area contributed by atoms with Gasteiger partial charge in [-0.05, 0) is 41.5 Å². The van der Waals surface area contributed by atoms with Gasteiger partial charge in [0.2, 0.25) is 9.84 Å². The number of carbonyl (C=O) groups is 2. The molecule has 0 aliphatic heterocycles. The van der Waals surface area contributed by atoms with Gasteiger partial charge in [-0.2, -0.15) is 0 Å². The topological polar surface area (TPSA) is 113 Å². The molecule has 3 aromatic rings. The van der Waals surface area contributed by atoms with Crippen LogP contribution in [0.3, 0.4) is 0 Å². The quantitative estimate of drug-likeness (QED) is 0.498. The van der Waals surface area contributed by atoms with Gasteiger partial charge in [-0.15, -0.1) is 0 Å². The van der Waals surface area contributed by atoms with E-state index in [4.69, 9.17) is 15.2 Å². The highest BCUT2D eigenvalue weighted by Gasteiger charge is 2.21. The van der Waals surface area contributed by atoms with Gasteiger partial charge < -0.3 is 15.2 Å². The summed E-state index contributed by atoms with van der Waals surface area (Å²) >= 11 is 0. The van der Waals surface area contributed by atoms with Crippen molar-refractivity contribution in [2.24, 2.45) is 5.73 Å². The molecule has 3 rings (SSSR count). The van der Waals surface area contributed by atoms with Gasteiger partial charge in [-0.3, -0.25) is 9.59 Å². The van der Waals surface area contributed by atoms with Gasteiger partial charge in [-0.1, -0.05) is 42.5 Å². The lowest BCUT2D eigenvalue weighted by molar-refractivity contribution is -0.140. The van der Waals surface area contributed by atoms with Crippen molar-refractivity contribution in [3.05, 3.63) is 89.5 Å². The molecule has 0 saturated carbocycles. The minimum Gasteiger partial charge on any atom is -0.488 e.